The van der Waals surface area contributed by atoms with E-state index in [0.29, 0.717) is 0 Å². The molecule has 1 heterocycles. The smallest absolute Gasteiger partial charge is 0.254 e. The molecular formula is C12H14FNOS. The van der Waals surface area contributed by atoms with Gasteiger partial charge in [0.1, 0.15) is 5.82 Å². The van der Waals surface area contributed by atoms with Gasteiger partial charge in [0, 0.05) is 11.8 Å². The van der Waals surface area contributed by atoms with E-state index in [0.717, 1.165) is 23.5 Å². The molecule has 1 aliphatic heterocycles. The molecule has 1 aromatic rings. The Morgan fingerprint density at radius 2 is 2.38 bits per heavy atom. The van der Waals surface area contributed by atoms with Crippen LogP contribution in [0.25, 0.3) is 0 Å². The number of halogens is 1. The molecule has 86 valence electrons. The van der Waals surface area contributed by atoms with E-state index in [4.69, 9.17) is 0 Å². The number of amides is 1. The van der Waals surface area contributed by atoms with Gasteiger partial charge in [-0.25, -0.2) is 4.39 Å². The van der Waals surface area contributed by atoms with Crippen LogP contribution < -0.4 is 5.32 Å². The molecule has 0 aliphatic carbocycles. The van der Waals surface area contributed by atoms with Crippen LogP contribution in [0.4, 0.5) is 4.39 Å². The molecule has 0 bridgehead atoms. The molecule has 1 atom stereocenters. The van der Waals surface area contributed by atoms with Crippen LogP contribution in [0.1, 0.15) is 22.3 Å². The second-order valence-electron chi connectivity index (χ2n) is 4.02. The number of hydrogen-bond acceptors (Lipinski definition) is 2. The summed E-state index contributed by atoms with van der Waals surface area (Å²) >= 11 is 1.82. The first-order chi connectivity index (χ1) is 7.66. The largest absolute Gasteiger partial charge is 0.348 e. The average molecular weight is 239 g/mol. The zero-order valence-corrected chi connectivity index (χ0v) is 9.94. The minimum absolute atomic E-state index is 0.150. The van der Waals surface area contributed by atoms with Crippen molar-refractivity contribution in [2.45, 2.75) is 19.4 Å². The summed E-state index contributed by atoms with van der Waals surface area (Å²) in [5.74, 6) is 1.25. The van der Waals surface area contributed by atoms with Crippen LogP contribution >= 0.6 is 11.8 Å². The van der Waals surface area contributed by atoms with Gasteiger partial charge >= 0.3 is 0 Å². The van der Waals surface area contributed by atoms with Gasteiger partial charge in [-0.05, 0) is 31.2 Å². The van der Waals surface area contributed by atoms with Crippen molar-refractivity contribution >= 4 is 17.7 Å². The molecule has 2 nitrogen and oxygen atoms in total. The van der Waals surface area contributed by atoms with Crippen LogP contribution in [0.5, 0.6) is 0 Å². The topological polar surface area (TPSA) is 29.1 Å². The summed E-state index contributed by atoms with van der Waals surface area (Å²) in [6, 6.07) is 4.79. The van der Waals surface area contributed by atoms with Gasteiger partial charge in [0.25, 0.3) is 5.91 Å². The van der Waals surface area contributed by atoms with Gasteiger partial charge < -0.3 is 5.32 Å². The van der Waals surface area contributed by atoms with Crippen molar-refractivity contribution in [1.82, 2.24) is 5.32 Å². The summed E-state index contributed by atoms with van der Waals surface area (Å²) in [5.41, 5.74) is 1.05. The first-order valence-corrected chi connectivity index (χ1v) is 6.47. The molecule has 1 unspecified atom stereocenters. The fourth-order valence-electron chi connectivity index (χ4n) is 1.72. The van der Waals surface area contributed by atoms with E-state index in [2.05, 4.69) is 5.32 Å². The molecule has 0 spiro atoms. The lowest BCUT2D eigenvalue weighted by molar-refractivity contribution is 0.0937. The zero-order chi connectivity index (χ0) is 11.5. The number of thioether (sulfide) groups is 1. The molecule has 1 aliphatic rings. The first-order valence-electron chi connectivity index (χ1n) is 5.31. The second kappa shape index (κ2) is 4.87. The molecule has 1 aromatic carbocycles. The summed E-state index contributed by atoms with van der Waals surface area (Å²) in [5, 5.41) is 2.86. The molecule has 0 saturated carbocycles. The van der Waals surface area contributed by atoms with Crippen molar-refractivity contribution in [3.63, 3.8) is 0 Å². The Labute approximate surface area is 98.6 Å². The van der Waals surface area contributed by atoms with E-state index >= 15 is 0 Å². The van der Waals surface area contributed by atoms with E-state index < -0.39 is 5.82 Å². The van der Waals surface area contributed by atoms with E-state index in [1.165, 1.54) is 6.07 Å². The average Bonchev–Trinajstić information content (AvgIpc) is 2.74. The SMILES string of the molecule is Cc1ccc(F)c(C(=O)NC2CCSC2)c1. The minimum atomic E-state index is -0.450. The highest BCUT2D eigenvalue weighted by Crippen LogP contribution is 2.18. The third-order valence-electron chi connectivity index (χ3n) is 2.63. The molecule has 2 rings (SSSR count). The predicted octanol–water partition coefficient (Wildman–Crippen LogP) is 2.37. The zero-order valence-electron chi connectivity index (χ0n) is 9.13. The summed E-state index contributed by atoms with van der Waals surface area (Å²) in [6.45, 7) is 1.85. The quantitative estimate of drug-likeness (QED) is 0.858. The summed E-state index contributed by atoms with van der Waals surface area (Å²) in [6.07, 6.45) is 0.976. The highest BCUT2D eigenvalue weighted by molar-refractivity contribution is 7.99. The first kappa shape index (κ1) is 11.5. The number of benzene rings is 1. The second-order valence-corrected chi connectivity index (χ2v) is 5.17. The molecule has 4 heteroatoms. The molecule has 1 N–H and O–H groups in total. The Balaban J connectivity index is 2.10. The van der Waals surface area contributed by atoms with E-state index in [1.807, 2.05) is 18.7 Å². The Bertz CT molecular complexity index is 402. The maximum Gasteiger partial charge on any atom is 0.254 e. The standard InChI is InChI=1S/C12H14FNOS/c1-8-2-3-11(13)10(6-8)12(15)14-9-4-5-16-7-9/h2-3,6,9H,4-5,7H2,1H3,(H,14,15). The number of hydrogen-bond donors (Lipinski definition) is 1. The summed E-state index contributed by atoms with van der Waals surface area (Å²) in [4.78, 5) is 11.8. The van der Waals surface area contributed by atoms with Crippen molar-refractivity contribution < 1.29 is 9.18 Å². The number of rotatable bonds is 2. The Kier molecular flexibility index (Phi) is 3.49. The number of nitrogens with one attached hydrogen (secondary N) is 1. The van der Waals surface area contributed by atoms with Crippen LogP contribution in [0.3, 0.4) is 0 Å². The highest BCUT2D eigenvalue weighted by Gasteiger charge is 2.20. The summed E-state index contributed by atoms with van der Waals surface area (Å²) < 4.78 is 13.4. The maximum atomic E-state index is 13.4. The van der Waals surface area contributed by atoms with Crippen molar-refractivity contribution in [3.05, 3.63) is 35.1 Å². The van der Waals surface area contributed by atoms with Gasteiger partial charge in [0.05, 0.1) is 5.56 Å². The van der Waals surface area contributed by atoms with Crippen molar-refractivity contribution in [2.24, 2.45) is 0 Å². The lowest BCUT2D eigenvalue weighted by Gasteiger charge is -2.11. The van der Waals surface area contributed by atoms with Crippen molar-refractivity contribution in [2.75, 3.05) is 11.5 Å². The highest BCUT2D eigenvalue weighted by atomic mass is 32.2. The van der Waals surface area contributed by atoms with Gasteiger partial charge in [-0.2, -0.15) is 11.8 Å². The molecule has 16 heavy (non-hydrogen) atoms. The Hall–Kier alpha value is -1.03. The minimum Gasteiger partial charge on any atom is -0.348 e. The fourth-order valence-corrected chi connectivity index (χ4v) is 2.88. The molecule has 0 radical (unpaired) electrons. The van der Waals surface area contributed by atoms with Crippen molar-refractivity contribution in [3.8, 4) is 0 Å². The van der Waals surface area contributed by atoms with E-state index in [9.17, 15) is 9.18 Å². The van der Waals surface area contributed by atoms with Gasteiger partial charge in [-0.1, -0.05) is 11.6 Å². The summed E-state index contributed by atoms with van der Waals surface area (Å²) in [7, 11) is 0. The molecule has 1 amide bonds. The van der Waals surface area contributed by atoms with Crippen LogP contribution in [-0.2, 0) is 0 Å². The van der Waals surface area contributed by atoms with Crippen LogP contribution in [-0.4, -0.2) is 23.5 Å². The third-order valence-corrected chi connectivity index (χ3v) is 3.79. The van der Waals surface area contributed by atoms with E-state index in [-0.39, 0.29) is 17.5 Å². The number of carbonyl (C=O) groups excluding carboxylic acids is 1. The molecule has 0 aromatic heterocycles. The van der Waals surface area contributed by atoms with Crippen LogP contribution in [0.2, 0.25) is 0 Å². The Morgan fingerprint density at radius 1 is 1.56 bits per heavy atom. The molecular weight excluding hydrogens is 225 g/mol. The van der Waals surface area contributed by atoms with Crippen molar-refractivity contribution in [1.29, 1.82) is 0 Å². The van der Waals surface area contributed by atoms with Crippen LogP contribution in [0.15, 0.2) is 18.2 Å². The van der Waals surface area contributed by atoms with Gasteiger partial charge in [-0.15, -0.1) is 0 Å². The van der Waals surface area contributed by atoms with Gasteiger partial charge in [-0.3, -0.25) is 4.79 Å². The monoisotopic (exact) mass is 239 g/mol. The normalized spacial score (nSPS) is 19.8. The lowest BCUT2D eigenvalue weighted by atomic mass is 10.1. The van der Waals surface area contributed by atoms with Gasteiger partial charge in [0.2, 0.25) is 0 Å². The molecule has 1 saturated heterocycles. The Morgan fingerprint density at radius 3 is 3.06 bits per heavy atom. The maximum absolute atomic E-state index is 13.4. The van der Waals surface area contributed by atoms with Crippen LogP contribution in [0, 0.1) is 12.7 Å². The predicted molar refractivity (Wildman–Crippen MR) is 64.3 cm³/mol. The fraction of sp³-hybridized carbons (Fsp3) is 0.417. The lowest BCUT2D eigenvalue weighted by Crippen LogP contribution is -2.35. The van der Waals surface area contributed by atoms with E-state index in [1.54, 1.807) is 12.1 Å². The number of carbonyl (C=O) groups is 1. The molecule has 1 fully saturated rings. The third kappa shape index (κ3) is 2.55. The number of aryl methyl sites for hydroxylation is 1. The van der Waals surface area contributed by atoms with Gasteiger partial charge in [0.15, 0.2) is 0 Å².